The van der Waals surface area contributed by atoms with E-state index in [9.17, 15) is 9.59 Å². The number of rotatable bonds is 2. The van der Waals surface area contributed by atoms with Gasteiger partial charge in [-0.15, -0.1) is 0 Å². The van der Waals surface area contributed by atoms with Crippen LogP contribution in [-0.2, 0) is 55.8 Å². The van der Waals surface area contributed by atoms with Gasteiger partial charge in [0.1, 0.15) is 0 Å². The van der Waals surface area contributed by atoms with Gasteiger partial charge in [-0.05, 0) is 11.1 Å². The Morgan fingerprint density at radius 2 is 0.771 bits per heavy atom. The molecule has 2 bridgehead atoms. The molecule has 3 rings (SSSR count). The highest BCUT2D eigenvalue weighted by molar-refractivity contribution is 6.05. The summed E-state index contributed by atoms with van der Waals surface area (Å²) in [5.74, 6) is -1.33. The van der Waals surface area contributed by atoms with Crippen LogP contribution < -0.4 is 0 Å². The Morgan fingerprint density at radius 3 is 1.03 bits per heavy atom. The Hall–Kier alpha value is -2.12. The molecule has 0 radical (unpaired) electrons. The second kappa shape index (κ2) is 18.2. The lowest BCUT2D eigenvalue weighted by Gasteiger charge is -2.16. The molecule has 0 saturated heterocycles. The number of benzene rings is 1. The summed E-state index contributed by atoms with van der Waals surface area (Å²) in [6, 6.07) is 3.42. The first-order valence-electron chi connectivity index (χ1n) is 11.5. The van der Waals surface area contributed by atoms with Gasteiger partial charge in [-0.3, -0.25) is 0 Å². The molecule has 0 fully saturated rings. The molecule has 11 nitrogen and oxygen atoms in total. The minimum atomic E-state index is -0.663. The molecule has 2 heterocycles. The fourth-order valence-electron chi connectivity index (χ4n) is 3.18. The minimum Gasteiger partial charge on any atom is -0.465 e. The van der Waals surface area contributed by atoms with E-state index in [2.05, 4.69) is 0 Å². The van der Waals surface area contributed by atoms with Gasteiger partial charge < -0.3 is 42.6 Å². The largest absolute Gasteiger partial charge is 0.465 e. The number of hydrogen-bond acceptors (Lipinski definition) is 11. The zero-order valence-electron chi connectivity index (χ0n) is 20.5. The number of carbonyl (C=O) groups is 2. The van der Waals surface area contributed by atoms with Crippen LogP contribution in [0.5, 0.6) is 0 Å². The second-order valence-corrected chi connectivity index (χ2v) is 7.28. The molecule has 11 heteroatoms. The molecule has 198 valence electrons. The summed E-state index contributed by atoms with van der Waals surface area (Å²) < 4.78 is 48.5. The van der Waals surface area contributed by atoms with Crippen molar-refractivity contribution >= 4 is 11.9 Å². The van der Waals surface area contributed by atoms with Crippen LogP contribution in [-0.4, -0.2) is 105 Å². The molecule has 0 spiro atoms. The lowest BCUT2D eigenvalue weighted by Crippen LogP contribution is -2.19. The summed E-state index contributed by atoms with van der Waals surface area (Å²) in [5, 5.41) is 0. The van der Waals surface area contributed by atoms with Crippen LogP contribution in [0.4, 0.5) is 0 Å². The first kappa shape index (κ1) is 29.1. The molecule has 0 unspecified atom stereocenters. The molecule has 2 aliphatic rings. The number of fused-ring (bicyclic) bond motifs is 22. The van der Waals surface area contributed by atoms with Gasteiger partial charge in [0.05, 0.1) is 118 Å². The van der Waals surface area contributed by atoms with E-state index >= 15 is 0 Å². The standard InChI is InChI=1S/C24H36O11/c1-27-23(25)21-19-3-4-20(22(21)24(26)28-2)18-35-16-14-33-12-10-31-8-6-29-5-7-30-9-11-32-13-15-34-17-19/h3-4H,5-18H2,1-2H3. The topological polar surface area (TPSA) is 117 Å². The fourth-order valence-corrected chi connectivity index (χ4v) is 3.18. The van der Waals surface area contributed by atoms with E-state index in [-0.39, 0.29) is 24.3 Å². The molecule has 35 heavy (non-hydrogen) atoms. The molecule has 0 amide bonds. The Morgan fingerprint density at radius 1 is 0.514 bits per heavy atom. The third-order valence-corrected chi connectivity index (χ3v) is 4.90. The van der Waals surface area contributed by atoms with Crippen molar-refractivity contribution in [1.82, 2.24) is 0 Å². The normalized spacial score (nSPS) is 18.7. The third kappa shape index (κ3) is 11.0. The van der Waals surface area contributed by atoms with Crippen molar-refractivity contribution < 1.29 is 52.2 Å². The summed E-state index contributed by atoms with van der Waals surface area (Å²) >= 11 is 0. The molecule has 0 aromatic heterocycles. The number of ether oxygens (including phenoxy) is 9. The summed E-state index contributed by atoms with van der Waals surface area (Å²) in [5.41, 5.74) is 1.18. The van der Waals surface area contributed by atoms with Crippen molar-refractivity contribution in [3.05, 3.63) is 34.4 Å². The van der Waals surface area contributed by atoms with Crippen LogP contribution in [0, 0.1) is 0 Å². The van der Waals surface area contributed by atoms with Gasteiger partial charge in [0.25, 0.3) is 0 Å². The van der Waals surface area contributed by atoms with Crippen LogP contribution in [0.25, 0.3) is 0 Å². The number of methoxy groups -OCH3 is 2. The maximum absolute atomic E-state index is 12.6. The second-order valence-electron chi connectivity index (χ2n) is 7.28. The number of carbonyl (C=O) groups excluding carboxylic acids is 2. The molecule has 0 N–H and O–H groups in total. The van der Waals surface area contributed by atoms with E-state index in [1.807, 2.05) is 0 Å². The number of esters is 2. The molecule has 2 aliphatic heterocycles. The van der Waals surface area contributed by atoms with E-state index in [0.29, 0.717) is 90.4 Å². The Labute approximate surface area is 205 Å². The van der Waals surface area contributed by atoms with Gasteiger partial charge in [-0.1, -0.05) is 12.1 Å². The molecular weight excluding hydrogens is 464 g/mol. The SMILES string of the molecule is COC(=O)c1c2ccc(c1C(=O)OC)COCCOCCOCCOCCOCCOCCOC2. The average molecular weight is 501 g/mol. The quantitative estimate of drug-likeness (QED) is 0.433. The predicted molar refractivity (Wildman–Crippen MR) is 123 cm³/mol. The predicted octanol–water partition coefficient (Wildman–Crippen LogP) is 1.39. The molecule has 0 aliphatic carbocycles. The van der Waals surface area contributed by atoms with E-state index in [0.717, 1.165) is 0 Å². The zero-order chi connectivity index (χ0) is 25.1. The monoisotopic (exact) mass is 500 g/mol. The van der Waals surface area contributed by atoms with E-state index < -0.39 is 11.9 Å². The van der Waals surface area contributed by atoms with Crippen molar-refractivity contribution in [3.8, 4) is 0 Å². The van der Waals surface area contributed by atoms with Crippen molar-refractivity contribution in [2.75, 3.05) is 93.5 Å². The van der Waals surface area contributed by atoms with Crippen LogP contribution >= 0.6 is 0 Å². The highest BCUT2D eigenvalue weighted by Crippen LogP contribution is 2.23. The number of hydrogen-bond donors (Lipinski definition) is 0. The first-order valence-corrected chi connectivity index (χ1v) is 11.5. The van der Waals surface area contributed by atoms with Crippen molar-refractivity contribution in [1.29, 1.82) is 0 Å². The van der Waals surface area contributed by atoms with Gasteiger partial charge >= 0.3 is 11.9 Å². The molecule has 0 saturated carbocycles. The van der Waals surface area contributed by atoms with E-state index in [1.54, 1.807) is 12.1 Å². The van der Waals surface area contributed by atoms with Gasteiger partial charge in [0.15, 0.2) is 0 Å². The summed E-state index contributed by atoms with van der Waals surface area (Å²) in [6.45, 7) is 5.08. The molecule has 1 aromatic carbocycles. The lowest BCUT2D eigenvalue weighted by atomic mass is 9.96. The van der Waals surface area contributed by atoms with Gasteiger partial charge in [-0.25, -0.2) is 9.59 Å². The van der Waals surface area contributed by atoms with Crippen LogP contribution in [0.3, 0.4) is 0 Å². The highest BCUT2D eigenvalue weighted by atomic mass is 16.6. The van der Waals surface area contributed by atoms with E-state index in [4.69, 9.17) is 42.6 Å². The van der Waals surface area contributed by atoms with Crippen LogP contribution in [0.2, 0.25) is 0 Å². The van der Waals surface area contributed by atoms with Gasteiger partial charge in [0.2, 0.25) is 0 Å². The first-order chi connectivity index (χ1) is 17.2. The maximum Gasteiger partial charge on any atom is 0.339 e. The van der Waals surface area contributed by atoms with Crippen molar-refractivity contribution in [2.24, 2.45) is 0 Å². The minimum absolute atomic E-state index is 0.0860. The molecule has 0 atom stereocenters. The Kier molecular flexibility index (Phi) is 15.1. The summed E-state index contributed by atoms with van der Waals surface area (Å²) in [4.78, 5) is 25.2. The average Bonchev–Trinajstić information content (AvgIpc) is 2.88. The van der Waals surface area contributed by atoms with Gasteiger partial charge in [0, 0.05) is 0 Å². The van der Waals surface area contributed by atoms with Crippen LogP contribution in [0.1, 0.15) is 31.8 Å². The maximum atomic E-state index is 12.6. The van der Waals surface area contributed by atoms with E-state index in [1.165, 1.54) is 14.2 Å². The van der Waals surface area contributed by atoms with Gasteiger partial charge in [-0.2, -0.15) is 0 Å². The third-order valence-electron chi connectivity index (χ3n) is 4.90. The zero-order valence-corrected chi connectivity index (χ0v) is 20.5. The molecule has 1 aromatic rings. The summed E-state index contributed by atoms with van der Waals surface area (Å²) in [6.07, 6.45) is 0. The Balaban J connectivity index is 2.07. The molecular formula is C24H36O11. The fraction of sp³-hybridized carbons (Fsp3) is 0.667. The van der Waals surface area contributed by atoms with Crippen molar-refractivity contribution in [3.63, 3.8) is 0 Å². The Bertz CT molecular complexity index is 692. The highest BCUT2D eigenvalue weighted by Gasteiger charge is 2.26. The van der Waals surface area contributed by atoms with Crippen molar-refractivity contribution in [2.45, 2.75) is 13.2 Å². The lowest BCUT2D eigenvalue weighted by molar-refractivity contribution is -0.0216. The smallest absolute Gasteiger partial charge is 0.339 e. The summed E-state index contributed by atoms with van der Waals surface area (Å²) in [7, 11) is 2.50. The van der Waals surface area contributed by atoms with Crippen LogP contribution in [0.15, 0.2) is 12.1 Å².